The number of amides is 1. The summed E-state index contributed by atoms with van der Waals surface area (Å²) < 4.78 is 7.29. The van der Waals surface area contributed by atoms with E-state index in [1.807, 2.05) is 24.5 Å². The van der Waals surface area contributed by atoms with Gasteiger partial charge in [0.05, 0.1) is 16.8 Å². The topological polar surface area (TPSA) is 92.9 Å². The van der Waals surface area contributed by atoms with E-state index in [1.54, 1.807) is 36.4 Å². The van der Waals surface area contributed by atoms with E-state index >= 15 is 0 Å². The van der Waals surface area contributed by atoms with E-state index in [0.29, 0.717) is 10.8 Å². The van der Waals surface area contributed by atoms with E-state index in [9.17, 15) is 9.59 Å². The number of hydrogen-bond acceptors (Lipinski definition) is 4. The number of carbonyl (C=O) groups excluding carboxylic acids is 1. The number of carboxylic acid groups (broad SMARTS) is 1. The fraction of sp³-hybridized carbons (Fsp3) is 0.136. The SMILES string of the molecule is Cc1cc(/C=N\NC(=O)COc2ccc(Cl)cc2)c(C)n1-c1ccc(C(=O)O)c(Cl)c1. The highest BCUT2D eigenvalue weighted by molar-refractivity contribution is 6.33. The second kappa shape index (κ2) is 9.68. The first-order chi connectivity index (χ1) is 14.8. The molecule has 3 aromatic rings. The first kappa shape index (κ1) is 22.4. The number of aromatic carboxylic acids is 1. The van der Waals surface area contributed by atoms with Gasteiger partial charge in [-0.1, -0.05) is 23.2 Å². The van der Waals surface area contributed by atoms with Gasteiger partial charge in [-0.25, -0.2) is 10.2 Å². The van der Waals surface area contributed by atoms with Crippen LogP contribution in [0.3, 0.4) is 0 Å². The minimum atomic E-state index is -1.08. The average molecular weight is 460 g/mol. The fourth-order valence-corrected chi connectivity index (χ4v) is 3.40. The molecule has 0 fully saturated rings. The lowest BCUT2D eigenvalue weighted by atomic mass is 10.2. The van der Waals surface area contributed by atoms with Crippen molar-refractivity contribution in [1.29, 1.82) is 0 Å². The number of aromatic nitrogens is 1. The Labute approximate surface area is 188 Å². The lowest BCUT2D eigenvalue weighted by Crippen LogP contribution is -2.24. The Hall–Kier alpha value is -3.29. The summed E-state index contributed by atoms with van der Waals surface area (Å²) in [4.78, 5) is 23.1. The van der Waals surface area contributed by atoms with Crippen molar-refractivity contribution in [1.82, 2.24) is 9.99 Å². The summed E-state index contributed by atoms with van der Waals surface area (Å²) in [6.45, 7) is 3.60. The summed E-state index contributed by atoms with van der Waals surface area (Å²) in [6.07, 6.45) is 1.53. The van der Waals surface area contributed by atoms with Crippen LogP contribution in [-0.2, 0) is 4.79 Å². The molecule has 1 heterocycles. The number of carbonyl (C=O) groups is 2. The Morgan fingerprint density at radius 1 is 1.13 bits per heavy atom. The van der Waals surface area contributed by atoms with Gasteiger partial charge >= 0.3 is 5.97 Å². The first-order valence-electron chi connectivity index (χ1n) is 9.18. The molecule has 0 bridgehead atoms. The van der Waals surface area contributed by atoms with Crippen molar-refractivity contribution < 1.29 is 19.4 Å². The van der Waals surface area contributed by atoms with Crippen LogP contribution in [0.2, 0.25) is 10.0 Å². The highest BCUT2D eigenvalue weighted by Gasteiger charge is 2.13. The molecule has 0 unspecified atom stereocenters. The van der Waals surface area contributed by atoms with Gasteiger partial charge in [-0.15, -0.1) is 0 Å². The van der Waals surface area contributed by atoms with Gasteiger partial charge < -0.3 is 14.4 Å². The van der Waals surface area contributed by atoms with Crippen LogP contribution in [0.5, 0.6) is 5.75 Å². The van der Waals surface area contributed by atoms with Crippen LogP contribution in [0, 0.1) is 13.8 Å². The van der Waals surface area contributed by atoms with Crippen molar-refractivity contribution in [2.75, 3.05) is 6.61 Å². The maximum absolute atomic E-state index is 11.9. The number of benzene rings is 2. The van der Waals surface area contributed by atoms with E-state index in [0.717, 1.165) is 22.6 Å². The molecular formula is C22H19Cl2N3O4. The number of ether oxygens (including phenoxy) is 1. The van der Waals surface area contributed by atoms with E-state index in [1.165, 1.54) is 12.3 Å². The molecule has 1 amide bonds. The van der Waals surface area contributed by atoms with Crippen LogP contribution >= 0.6 is 23.2 Å². The predicted molar refractivity (Wildman–Crippen MR) is 120 cm³/mol. The van der Waals surface area contributed by atoms with Crippen LogP contribution in [-0.4, -0.2) is 34.4 Å². The van der Waals surface area contributed by atoms with E-state index in [-0.39, 0.29) is 17.2 Å². The van der Waals surface area contributed by atoms with E-state index in [4.69, 9.17) is 33.0 Å². The molecule has 0 atom stereocenters. The van der Waals surface area contributed by atoms with Crippen LogP contribution in [0.4, 0.5) is 0 Å². The number of hydrogen-bond donors (Lipinski definition) is 2. The molecule has 0 radical (unpaired) electrons. The molecule has 31 heavy (non-hydrogen) atoms. The van der Waals surface area contributed by atoms with E-state index in [2.05, 4.69) is 10.5 Å². The standard InChI is InChI=1S/C22H19Cl2N3O4/c1-13-9-15(11-25-26-21(28)12-31-18-6-3-16(23)4-7-18)14(2)27(13)17-5-8-19(22(29)30)20(24)10-17/h3-11H,12H2,1-2H3,(H,26,28)(H,29,30)/b25-11-. The number of hydrazone groups is 1. The Morgan fingerprint density at radius 2 is 1.84 bits per heavy atom. The number of rotatable bonds is 7. The minimum absolute atomic E-state index is 0.0400. The van der Waals surface area contributed by atoms with E-state index < -0.39 is 11.9 Å². The smallest absolute Gasteiger partial charge is 0.337 e. The zero-order valence-corrected chi connectivity index (χ0v) is 18.2. The Morgan fingerprint density at radius 3 is 2.48 bits per heavy atom. The molecule has 160 valence electrons. The van der Waals surface area contributed by atoms with Crippen LogP contribution in [0.15, 0.2) is 53.6 Å². The molecule has 7 nitrogen and oxygen atoms in total. The summed E-state index contributed by atoms with van der Waals surface area (Å²) in [5, 5.41) is 13.9. The minimum Gasteiger partial charge on any atom is -0.484 e. The van der Waals surface area contributed by atoms with Gasteiger partial charge in [-0.05, 0) is 62.4 Å². The average Bonchev–Trinajstić information content (AvgIpc) is 3.00. The molecule has 2 N–H and O–H groups in total. The van der Waals surface area contributed by atoms with Crippen LogP contribution in [0.1, 0.15) is 27.3 Å². The molecule has 0 aliphatic heterocycles. The molecule has 1 aromatic heterocycles. The lowest BCUT2D eigenvalue weighted by molar-refractivity contribution is -0.123. The van der Waals surface area contributed by atoms with Crippen molar-refractivity contribution >= 4 is 41.3 Å². The summed E-state index contributed by atoms with van der Waals surface area (Å²) in [6, 6.07) is 13.3. The monoisotopic (exact) mass is 459 g/mol. The number of carboxylic acids is 1. The van der Waals surface area contributed by atoms with Gasteiger partial charge in [0.2, 0.25) is 0 Å². The third-order valence-corrected chi connectivity index (χ3v) is 5.05. The lowest BCUT2D eigenvalue weighted by Gasteiger charge is -2.11. The summed E-state index contributed by atoms with van der Waals surface area (Å²) in [5.41, 5.74) is 5.73. The number of halogens is 2. The molecular weight excluding hydrogens is 441 g/mol. The number of nitrogens with zero attached hydrogens (tertiary/aromatic N) is 2. The van der Waals surface area contributed by atoms with Crippen molar-refractivity contribution in [2.24, 2.45) is 5.10 Å². The quantitative estimate of drug-likeness (QED) is 0.397. The largest absolute Gasteiger partial charge is 0.484 e. The van der Waals surface area contributed by atoms with Gasteiger partial charge in [0, 0.05) is 27.7 Å². The second-order valence-electron chi connectivity index (χ2n) is 6.67. The Kier molecular flexibility index (Phi) is 6.99. The van der Waals surface area contributed by atoms with Gasteiger partial charge in [-0.3, -0.25) is 4.79 Å². The molecule has 0 spiro atoms. The summed E-state index contributed by atoms with van der Waals surface area (Å²) >= 11 is 11.9. The summed E-state index contributed by atoms with van der Waals surface area (Å²) in [7, 11) is 0. The van der Waals surface area contributed by atoms with Gasteiger partial charge in [0.15, 0.2) is 6.61 Å². The van der Waals surface area contributed by atoms with Crippen LogP contribution in [0.25, 0.3) is 5.69 Å². The fourth-order valence-electron chi connectivity index (χ4n) is 3.02. The molecule has 3 rings (SSSR count). The van der Waals surface area contributed by atoms with Gasteiger partial charge in [-0.2, -0.15) is 5.10 Å². The number of nitrogens with one attached hydrogen (secondary N) is 1. The normalized spacial score (nSPS) is 11.0. The van der Waals surface area contributed by atoms with Gasteiger partial charge in [0.1, 0.15) is 5.75 Å². The van der Waals surface area contributed by atoms with Crippen LogP contribution < -0.4 is 10.2 Å². The zero-order chi connectivity index (χ0) is 22.5. The molecule has 0 aliphatic carbocycles. The molecule has 0 aliphatic rings. The number of aryl methyl sites for hydroxylation is 1. The third kappa shape index (κ3) is 5.45. The predicted octanol–water partition coefficient (Wildman–Crippen LogP) is 4.63. The maximum atomic E-state index is 11.9. The molecule has 0 saturated carbocycles. The molecule has 9 heteroatoms. The summed E-state index contributed by atoms with van der Waals surface area (Å²) in [5.74, 6) is -0.961. The Balaban J connectivity index is 1.67. The molecule has 0 saturated heterocycles. The maximum Gasteiger partial charge on any atom is 0.337 e. The Bertz CT molecular complexity index is 1150. The third-order valence-electron chi connectivity index (χ3n) is 4.49. The zero-order valence-electron chi connectivity index (χ0n) is 16.7. The molecule has 2 aromatic carbocycles. The van der Waals surface area contributed by atoms with Crippen molar-refractivity contribution in [2.45, 2.75) is 13.8 Å². The highest BCUT2D eigenvalue weighted by atomic mass is 35.5. The highest BCUT2D eigenvalue weighted by Crippen LogP contribution is 2.25. The van der Waals surface area contributed by atoms with Crippen molar-refractivity contribution in [3.05, 3.63) is 81.1 Å². The first-order valence-corrected chi connectivity index (χ1v) is 9.94. The van der Waals surface area contributed by atoms with Crippen molar-refractivity contribution in [3.8, 4) is 11.4 Å². The second-order valence-corrected chi connectivity index (χ2v) is 7.51. The van der Waals surface area contributed by atoms with Crippen molar-refractivity contribution in [3.63, 3.8) is 0 Å². The van der Waals surface area contributed by atoms with Gasteiger partial charge in [0.25, 0.3) is 5.91 Å².